The maximum atomic E-state index is 5.27. The van der Waals surface area contributed by atoms with E-state index in [0.29, 0.717) is 17.6 Å². The molecule has 0 fully saturated rings. The lowest BCUT2D eigenvalue weighted by Crippen LogP contribution is -2.07. The van der Waals surface area contributed by atoms with Gasteiger partial charge in [-0.25, -0.2) is 4.98 Å². The summed E-state index contributed by atoms with van der Waals surface area (Å²) in [6.45, 7) is 0. The van der Waals surface area contributed by atoms with Crippen LogP contribution in [-0.4, -0.2) is 24.1 Å². The van der Waals surface area contributed by atoms with Gasteiger partial charge in [-0.2, -0.15) is 9.97 Å². The fraction of sp³-hybridized carbons (Fsp3) is 0. The van der Waals surface area contributed by atoms with Gasteiger partial charge in [0.15, 0.2) is 11.6 Å². The van der Waals surface area contributed by atoms with Gasteiger partial charge in [-0.15, -0.1) is 0 Å². The maximum absolute atomic E-state index is 5.27. The lowest BCUT2D eigenvalue weighted by Gasteiger charge is -2.14. The van der Waals surface area contributed by atoms with Crippen LogP contribution in [0.4, 0.5) is 0 Å². The number of rotatable bonds is 5. The van der Waals surface area contributed by atoms with Gasteiger partial charge in [-0.3, -0.25) is 4.57 Å². The van der Waals surface area contributed by atoms with Crippen molar-refractivity contribution in [1.82, 2.24) is 24.1 Å². The molecule has 0 amide bonds. The molecular weight excluding hydrogens is 611 g/mol. The highest BCUT2D eigenvalue weighted by atomic mass is 15.2. The van der Waals surface area contributed by atoms with Crippen molar-refractivity contribution < 1.29 is 0 Å². The molecule has 5 nitrogen and oxygen atoms in total. The van der Waals surface area contributed by atoms with Crippen LogP contribution in [0.25, 0.3) is 89.2 Å². The highest BCUT2D eigenvalue weighted by Crippen LogP contribution is 2.46. The van der Waals surface area contributed by atoms with Gasteiger partial charge in [-0.05, 0) is 41.5 Å². The van der Waals surface area contributed by atoms with Crippen molar-refractivity contribution in [3.63, 3.8) is 0 Å². The summed E-state index contributed by atoms with van der Waals surface area (Å²) in [6.07, 6.45) is 0. The second-order valence-corrected chi connectivity index (χ2v) is 12.5. The number of hydrogen-bond acceptors (Lipinski definition) is 3. The Bertz CT molecular complexity index is 2780. The first-order valence-corrected chi connectivity index (χ1v) is 16.8. The van der Waals surface area contributed by atoms with E-state index in [4.69, 9.17) is 15.0 Å². The number of nitrogens with zero attached hydrogens (tertiary/aromatic N) is 5. The van der Waals surface area contributed by atoms with Gasteiger partial charge < -0.3 is 4.57 Å². The molecule has 0 atom stereocenters. The van der Waals surface area contributed by atoms with Crippen molar-refractivity contribution >= 4 is 43.6 Å². The molecule has 10 rings (SSSR count). The van der Waals surface area contributed by atoms with Crippen LogP contribution in [0, 0.1) is 0 Å². The third kappa shape index (κ3) is 4.37. The molecule has 0 saturated carbocycles. The Morgan fingerprint density at radius 2 is 0.840 bits per heavy atom. The number of fused-ring (bicyclic) bond motifs is 7. The zero-order chi connectivity index (χ0) is 33.0. The quantitative estimate of drug-likeness (QED) is 0.188. The zero-order valence-corrected chi connectivity index (χ0v) is 27.0. The SMILES string of the molecule is c1ccc(-c2nc(-c3ccccc3)nc(-n3c4ccccc4c4c(-c5ccccc5)cc5c6ccccc6n(-c6ccccc6)c5c43)n2)cc1. The van der Waals surface area contributed by atoms with Crippen LogP contribution >= 0.6 is 0 Å². The van der Waals surface area contributed by atoms with Crippen LogP contribution in [0.15, 0.2) is 176 Å². The van der Waals surface area contributed by atoms with Crippen LogP contribution in [0.5, 0.6) is 0 Å². The summed E-state index contributed by atoms with van der Waals surface area (Å²) in [5.41, 5.74) is 9.60. The van der Waals surface area contributed by atoms with Gasteiger partial charge in [0, 0.05) is 38.4 Å². The number of aromatic nitrogens is 5. The molecule has 3 aromatic heterocycles. The standard InChI is InChI=1S/C45H29N5/c1-5-17-30(18-6-1)36-29-37-34-25-13-15-27-38(34)49(33-23-11-4-12-24-33)41(37)42-40(36)35-26-14-16-28-39(35)50(42)45-47-43(31-19-7-2-8-20-31)46-44(48-45)32-21-9-3-10-22-32/h1-29H. The molecule has 0 aliphatic rings. The second kappa shape index (κ2) is 11.4. The van der Waals surface area contributed by atoms with Crippen molar-refractivity contribution in [2.45, 2.75) is 0 Å². The molecule has 234 valence electrons. The van der Waals surface area contributed by atoms with E-state index in [1.54, 1.807) is 0 Å². The molecule has 0 saturated heterocycles. The molecule has 0 spiro atoms. The first-order chi connectivity index (χ1) is 24.8. The van der Waals surface area contributed by atoms with E-state index in [-0.39, 0.29) is 0 Å². The molecule has 0 radical (unpaired) electrons. The summed E-state index contributed by atoms with van der Waals surface area (Å²) in [5, 5.41) is 4.64. The van der Waals surface area contributed by atoms with E-state index in [2.05, 4.69) is 149 Å². The average molecular weight is 640 g/mol. The molecule has 0 N–H and O–H groups in total. The van der Waals surface area contributed by atoms with Gasteiger partial charge in [0.2, 0.25) is 5.95 Å². The molecule has 7 aromatic carbocycles. The molecular formula is C45H29N5. The van der Waals surface area contributed by atoms with E-state index in [1.165, 1.54) is 16.3 Å². The molecule has 10 aromatic rings. The minimum Gasteiger partial charge on any atom is -0.307 e. The van der Waals surface area contributed by atoms with E-state index < -0.39 is 0 Å². The summed E-state index contributed by atoms with van der Waals surface area (Å²) in [4.78, 5) is 15.6. The lowest BCUT2D eigenvalue weighted by molar-refractivity contribution is 0.953. The third-order valence-corrected chi connectivity index (χ3v) is 9.56. The van der Waals surface area contributed by atoms with Gasteiger partial charge >= 0.3 is 0 Å². The second-order valence-electron chi connectivity index (χ2n) is 12.5. The zero-order valence-electron chi connectivity index (χ0n) is 27.0. The Labute approximate surface area is 288 Å². The van der Waals surface area contributed by atoms with Crippen molar-refractivity contribution in [3.8, 4) is 45.5 Å². The largest absolute Gasteiger partial charge is 0.307 e. The van der Waals surface area contributed by atoms with Crippen molar-refractivity contribution in [1.29, 1.82) is 0 Å². The Hall–Kier alpha value is -6.85. The van der Waals surface area contributed by atoms with Crippen molar-refractivity contribution in [2.24, 2.45) is 0 Å². The Balaban J connectivity index is 1.45. The third-order valence-electron chi connectivity index (χ3n) is 9.56. The molecule has 3 heterocycles. The van der Waals surface area contributed by atoms with Gasteiger partial charge in [0.25, 0.3) is 0 Å². The summed E-state index contributed by atoms with van der Waals surface area (Å²) in [5.74, 6) is 1.82. The minimum absolute atomic E-state index is 0.570. The van der Waals surface area contributed by atoms with Crippen LogP contribution in [0.2, 0.25) is 0 Å². The normalized spacial score (nSPS) is 11.6. The first kappa shape index (κ1) is 28.2. The van der Waals surface area contributed by atoms with E-state index in [9.17, 15) is 0 Å². The number of benzene rings is 7. The van der Waals surface area contributed by atoms with Crippen LogP contribution in [0.3, 0.4) is 0 Å². The van der Waals surface area contributed by atoms with Crippen LogP contribution < -0.4 is 0 Å². The minimum atomic E-state index is 0.570. The maximum Gasteiger partial charge on any atom is 0.238 e. The summed E-state index contributed by atoms with van der Waals surface area (Å²) in [6, 6.07) is 61.4. The summed E-state index contributed by atoms with van der Waals surface area (Å²) < 4.78 is 4.66. The first-order valence-electron chi connectivity index (χ1n) is 16.8. The Morgan fingerprint density at radius 1 is 0.360 bits per heavy atom. The van der Waals surface area contributed by atoms with E-state index >= 15 is 0 Å². The topological polar surface area (TPSA) is 48.5 Å². The summed E-state index contributed by atoms with van der Waals surface area (Å²) in [7, 11) is 0. The predicted octanol–water partition coefficient (Wildman–Crippen LogP) is 11.1. The summed E-state index contributed by atoms with van der Waals surface area (Å²) >= 11 is 0. The van der Waals surface area contributed by atoms with Gasteiger partial charge in [0.1, 0.15) is 0 Å². The van der Waals surface area contributed by atoms with E-state index in [1.807, 2.05) is 36.4 Å². The molecule has 0 aliphatic carbocycles. The van der Waals surface area contributed by atoms with E-state index in [0.717, 1.165) is 55.2 Å². The van der Waals surface area contributed by atoms with Crippen molar-refractivity contribution in [3.05, 3.63) is 176 Å². The highest BCUT2D eigenvalue weighted by molar-refractivity contribution is 6.28. The molecule has 5 heteroatoms. The van der Waals surface area contributed by atoms with Gasteiger partial charge in [0.05, 0.1) is 22.1 Å². The average Bonchev–Trinajstić information content (AvgIpc) is 3.72. The van der Waals surface area contributed by atoms with Crippen molar-refractivity contribution in [2.75, 3.05) is 0 Å². The monoisotopic (exact) mass is 639 g/mol. The molecule has 0 aliphatic heterocycles. The number of para-hydroxylation sites is 3. The Morgan fingerprint density at radius 3 is 1.44 bits per heavy atom. The smallest absolute Gasteiger partial charge is 0.238 e. The molecule has 0 unspecified atom stereocenters. The molecule has 50 heavy (non-hydrogen) atoms. The fourth-order valence-corrected chi connectivity index (χ4v) is 7.39. The molecule has 0 bridgehead atoms. The van der Waals surface area contributed by atoms with Gasteiger partial charge in [-0.1, -0.05) is 146 Å². The highest BCUT2D eigenvalue weighted by Gasteiger charge is 2.26. The lowest BCUT2D eigenvalue weighted by atomic mass is 9.96. The number of hydrogen-bond donors (Lipinski definition) is 0. The van der Waals surface area contributed by atoms with Crippen LogP contribution in [-0.2, 0) is 0 Å². The van der Waals surface area contributed by atoms with Crippen LogP contribution in [0.1, 0.15) is 0 Å². The predicted molar refractivity (Wildman–Crippen MR) is 205 cm³/mol. The Kier molecular flexibility index (Phi) is 6.42. The fourth-order valence-electron chi connectivity index (χ4n) is 7.39.